The first-order valence-electron chi connectivity index (χ1n) is 5.32. The summed E-state index contributed by atoms with van der Waals surface area (Å²) in [7, 11) is 0. The van der Waals surface area contributed by atoms with Crippen LogP contribution in [0.4, 0.5) is 5.69 Å². The predicted octanol–water partition coefficient (Wildman–Crippen LogP) is 3.51. The minimum absolute atomic E-state index is 0.217. The number of amides is 1. The van der Waals surface area contributed by atoms with Crippen LogP contribution in [0.1, 0.15) is 20.7 Å². The summed E-state index contributed by atoms with van der Waals surface area (Å²) >= 11 is 3.32. The van der Waals surface area contributed by atoms with E-state index in [4.69, 9.17) is 0 Å². The maximum absolute atomic E-state index is 12.0. The summed E-state index contributed by atoms with van der Waals surface area (Å²) in [6, 6.07) is 13.9. The summed E-state index contributed by atoms with van der Waals surface area (Å²) in [5.41, 5.74) is 1.68. The van der Waals surface area contributed by atoms with Crippen LogP contribution < -0.4 is 5.32 Å². The standard InChI is InChI=1S/C14H10BrNO2/c15-13-7-2-1-6-12(13)14(18)16-11-5-3-4-10(8-11)9-17/h1-9H,(H,16,18). The lowest BCUT2D eigenvalue weighted by atomic mass is 10.2. The molecule has 0 spiro atoms. The Balaban J connectivity index is 2.21. The molecule has 2 aromatic rings. The molecule has 0 radical (unpaired) electrons. The minimum Gasteiger partial charge on any atom is -0.322 e. The lowest BCUT2D eigenvalue weighted by Gasteiger charge is -2.07. The van der Waals surface area contributed by atoms with Crippen molar-refractivity contribution >= 4 is 33.8 Å². The Morgan fingerprint density at radius 3 is 2.61 bits per heavy atom. The van der Waals surface area contributed by atoms with Crippen molar-refractivity contribution in [3.63, 3.8) is 0 Å². The van der Waals surface area contributed by atoms with Crippen molar-refractivity contribution in [2.45, 2.75) is 0 Å². The Kier molecular flexibility index (Phi) is 3.89. The van der Waals surface area contributed by atoms with Crippen LogP contribution in [-0.2, 0) is 0 Å². The Morgan fingerprint density at radius 1 is 1.11 bits per heavy atom. The second-order valence-electron chi connectivity index (χ2n) is 3.68. The van der Waals surface area contributed by atoms with E-state index in [2.05, 4.69) is 21.2 Å². The van der Waals surface area contributed by atoms with Crippen LogP contribution in [0.5, 0.6) is 0 Å². The van der Waals surface area contributed by atoms with Crippen LogP contribution in [-0.4, -0.2) is 12.2 Å². The van der Waals surface area contributed by atoms with Gasteiger partial charge in [0.25, 0.3) is 5.91 Å². The molecule has 0 heterocycles. The summed E-state index contributed by atoms with van der Waals surface area (Å²) < 4.78 is 0.731. The van der Waals surface area contributed by atoms with Gasteiger partial charge in [0.15, 0.2) is 0 Å². The number of anilines is 1. The molecule has 18 heavy (non-hydrogen) atoms. The molecule has 2 rings (SSSR count). The highest BCUT2D eigenvalue weighted by Gasteiger charge is 2.09. The van der Waals surface area contributed by atoms with Crippen LogP contribution in [0.25, 0.3) is 0 Å². The largest absolute Gasteiger partial charge is 0.322 e. The van der Waals surface area contributed by atoms with Crippen LogP contribution in [0.2, 0.25) is 0 Å². The van der Waals surface area contributed by atoms with Crippen molar-refractivity contribution in [1.29, 1.82) is 0 Å². The molecule has 3 nitrogen and oxygen atoms in total. The zero-order valence-electron chi connectivity index (χ0n) is 9.39. The topological polar surface area (TPSA) is 46.2 Å². The molecular formula is C14H10BrNO2. The first kappa shape index (κ1) is 12.5. The molecule has 0 aliphatic rings. The lowest BCUT2D eigenvalue weighted by molar-refractivity contribution is 0.102. The Labute approximate surface area is 113 Å². The quantitative estimate of drug-likeness (QED) is 0.882. The Bertz CT molecular complexity index is 596. The molecule has 4 heteroatoms. The van der Waals surface area contributed by atoms with Crippen LogP contribution in [0, 0.1) is 0 Å². The number of nitrogens with one attached hydrogen (secondary N) is 1. The number of aldehydes is 1. The molecule has 1 N–H and O–H groups in total. The number of rotatable bonds is 3. The maximum atomic E-state index is 12.0. The normalized spacial score (nSPS) is 9.83. The second kappa shape index (κ2) is 5.60. The minimum atomic E-state index is -0.217. The summed E-state index contributed by atoms with van der Waals surface area (Å²) in [5, 5.41) is 2.75. The van der Waals surface area contributed by atoms with Crippen molar-refractivity contribution in [2.24, 2.45) is 0 Å². The van der Waals surface area contributed by atoms with Crippen molar-refractivity contribution in [3.8, 4) is 0 Å². The highest BCUT2D eigenvalue weighted by molar-refractivity contribution is 9.10. The molecule has 0 atom stereocenters. The molecule has 0 bridgehead atoms. The van der Waals surface area contributed by atoms with Gasteiger partial charge in [0.05, 0.1) is 5.56 Å². The van der Waals surface area contributed by atoms with E-state index in [0.29, 0.717) is 16.8 Å². The molecule has 0 fully saturated rings. The fraction of sp³-hybridized carbons (Fsp3) is 0. The first-order valence-corrected chi connectivity index (χ1v) is 6.11. The first-order chi connectivity index (χ1) is 8.70. The van der Waals surface area contributed by atoms with Gasteiger partial charge < -0.3 is 5.32 Å². The average molecular weight is 304 g/mol. The zero-order chi connectivity index (χ0) is 13.0. The Hall–Kier alpha value is -1.94. The van der Waals surface area contributed by atoms with Gasteiger partial charge in [0.1, 0.15) is 6.29 Å². The van der Waals surface area contributed by atoms with E-state index in [1.165, 1.54) is 0 Å². The van der Waals surface area contributed by atoms with Gasteiger partial charge in [-0.3, -0.25) is 9.59 Å². The molecule has 0 aliphatic carbocycles. The van der Waals surface area contributed by atoms with Gasteiger partial charge in [-0.25, -0.2) is 0 Å². The van der Waals surface area contributed by atoms with Crippen LogP contribution in [0.15, 0.2) is 53.0 Å². The number of carbonyl (C=O) groups is 2. The smallest absolute Gasteiger partial charge is 0.256 e. The molecule has 0 aliphatic heterocycles. The number of hydrogen-bond donors (Lipinski definition) is 1. The summed E-state index contributed by atoms with van der Waals surface area (Å²) in [6.45, 7) is 0. The maximum Gasteiger partial charge on any atom is 0.256 e. The molecule has 1 amide bonds. The van der Waals surface area contributed by atoms with Gasteiger partial charge in [0.2, 0.25) is 0 Å². The van der Waals surface area contributed by atoms with Gasteiger partial charge in [-0.05, 0) is 40.2 Å². The van der Waals surface area contributed by atoms with Gasteiger partial charge in [-0.2, -0.15) is 0 Å². The summed E-state index contributed by atoms with van der Waals surface area (Å²) in [4.78, 5) is 22.7. The molecule has 0 saturated carbocycles. The highest BCUT2D eigenvalue weighted by Crippen LogP contribution is 2.18. The predicted molar refractivity (Wildman–Crippen MR) is 73.9 cm³/mol. The van der Waals surface area contributed by atoms with E-state index in [-0.39, 0.29) is 5.91 Å². The van der Waals surface area contributed by atoms with Gasteiger partial charge in [0, 0.05) is 15.7 Å². The van der Waals surface area contributed by atoms with Gasteiger partial charge >= 0.3 is 0 Å². The number of benzene rings is 2. The third kappa shape index (κ3) is 2.84. The zero-order valence-corrected chi connectivity index (χ0v) is 11.0. The molecule has 0 unspecified atom stereocenters. The molecule has 0 saturated heterocycles. The average Bonchev–Trinajstić information content (AvgIpc) is 2.39. The molecular weight excluding hydrogens is 294 g/mol. The number of hydrogen-bond acceptors (Lipinski definition) is 2. The second-order valence-corrected chi connectivity index (χ2v) is 4.53. The lowest BCUT2D eigenvalue weighted by Crippen LogP contribution is -2.12. The van der Waals surface area contributed by atoms with E-state index >= 15 is 0 Å². The fourth-order valence-electron chi connectivity index (χ4n) is 1.53. The number of halogens is 1. The van der Waals surface area contributed by atoms with E-state index < -0.39 is 0 Å². The van der Waals surface area contributed by atoms with Gasteiger partial charge in [-0.15, -0.1) is 0 Å². The van der Waals surface area contributed by atoms with Crippen molar-refractivity contribution in [2.75, 3.05) is 5.32 Å². The highest BCUT2D eigenvalue weighted by atomic mass is 79.9. The van der Waals surface area contributed by atoms with Crippen molar-refractivity contribution < 1.29 is 9.59 Å². The van der Waals surface area contributed by atoms with Crippen LogP contribution in [0.3, 0.4) is 0 Å². The van der Waals surface area contributed by atoms with Gasteiger partial charge in [-0.1, -0.05) is 24.3 Å². The van der Waals surface area contributed by atoms with Crippen LogP contribution >= 0.6 is 15.9 Å². The molecule has 2 aromatic carbocycles. The molecule has 0 aromatic heterocycles. The van der Waals surface area contributed by atoms with E-state index in [1.54, 1.807) is 42.5 Å². The monoisotopic (exact) mass is 303 g/mol. The third-order valence-corrected chi connectivity index (χ3v) is 3.09. The van der Waals surface area contributed by atoms with Crippen molar-refractivity contribution in [3.05, 3.63) is 64.1 Å². The fourth-order valence-corrected chi connectivity index (χ4v) is 2.00. The van der Waals surface area contributed by atoms with E-state index in [9.17, 15) is 9.59 Å². The SMILES string of the molecule is O=Cc1cccc(NC(=O)c2ccccc2Br)c1. The third-order valence-electron chi connectivity index (χ3n) is 2.40. The Morgan fingerprint density at radius 2 is 1.89 bits per heavy atom. The van der Waals surface area contributed by atoms with E-state index in [1.807, 2.05) is 6.07 Å². The molecule has 90 valence electrons. The van der Waals surface area contributed by atoms with E-state index in [0.717, 1.165) is 10.8 Å². The summed E-state index contributed by atoms with van der Waals surface area (Å²) in [6.07, 6.45) is 0.744. The number of carbonyl (C=O) groups excluding carboxylic acids is 2. The van der Waals surface area contributed by atoms with Crippen molar-refractivity contribution in [1.82, 2.24) is 0 Å². The summed E-state index contributed by atoms with van der Waals surface area (Å²) in [5.74, 6) is -0.217.